The maximum Gasteiger partial charge on any atom is 0.269 e. The Bertz CT molecular complexity index is 479. The van der Waals surface area contributed by atoms with Crippen molar-refractivity contribution in [1.82, 2.24) is 20.4 Å². The van der Waals surface area contributed by atoms with Crippen LogP contribution in [-0.2, 0) is 11.8 Å². The van der Waals surface area contributed by atoms with Gasteiger partial charge in [-0.25, -0.2) is 0 Å². The largest absolute Gasteiger partial charge is 0.370 e. The molecule has 1 spiro atoms. The molecule has 0 bridgehead atoms. The number of hydrogen-bond acceptors (Lipinski definition) is 4. The van der Waals surface area contributed by atoms with Gasteiger partial charge in [0.2, 0.25) is 0 Å². The van der Waals surface area contributed by atoms with Gasteiger partial charge in [-0.1, -0.05) is 0 Å². The Kier molecular flexibility index (Phi) is 3.76. The summed E-state index contributed by atoms with van der Waals surface area (Å²) in [4.78, 5) is 12.0. The molecule has 2 saturated heterocycles. The average molecular weight is 278 g/mol. The topological polar surface area (TPSA) is 68.2 Å². The molecule has 2 N–H and O–H groups in total. The minimum Gasteiger partial charge on any atom is -0.370 e. The van der Waals surface area contributed by atoms with Crippen LogP contribution in [0.1, 0.15) is 36.2 Å². The Morgan fingerprint density at radius 3 is 3.05 bits per heavy atom. The van der Waals surface area contributed by atoms with Crippen LogP contribution in [0.5, 0.6) is 0 Å². The van der Waals surface area contributed by atoms with Gasteiger partial charge in [-0.05, 0) is 44.8 Å². The summed E-state index contributed by atoms with van der Waals surface area (Å²) in [5.41, 5.74) is 0.646. The van der Waals surface area contributed by atoms with Gasteiger partial charge < -0.3 is 15.4 Å². The second-order valence-corrected chi connectivity index (χ2v) is 5.76. The molecule has 1 aromatic rings. The van der Waals surface area contributed by atoms with Crippen LogP contribution in [0.25, 0.3) is 0 Å². The number of piperidine rings is 1. The highest BCUT2D eigenvalue weighted by atomic mass is 16.5. The molecule has 0 radical (unpaired) electrons. The van der Waals surface area contributed by atoms with E-state index in [1.807, 2.05) is 0 Å². The van der Waals surface area contributed by atoms with Crippen LogP contribution in [0.3, 0.4) is 0 Å². The van der Waals surface area contributed by atoms with E-state index in [1.54, 1.807) is 24.0 Å². The van der Waals surface area contributed by atoms with Crippen molar-refractivity contribution in [3.8, 4) is 0 Å². The SMILES string of the molecule is Cn1nccc1C(=O)NCC1CCC2(CCNCC2)O1. The summed E-state index contributed by atoms with van der Waals surface area (Å²) in [5.74, 6) is -0.0835. The number of carbonyl (C=O) groups is 1. The number of rotatable bonds is 3. The summed E-state index contributed by atoms with van der Waals surface area (Å²) in [5, 5.41) is 10.3. The first-order chi connectivity index (χ1) is 9.69. The molecule has 110 valence electrons. The van der Waals surface area contributed by atoms with Crippen molar-refractivity contribution < 1.29 is 9.53 Å². The summed E-state index contributed by atoms with van der Waals surface area (Å²) in [7, 11) is 1.77. The third-order valence-electron chi connectivity index (χ3n) is 4.40. The third-order valence-corrected chi connectivity index (χ3v) is 4.40. The maximum atomic E-state index is 12.0. The lowest BCUT2D eigenvalue weighted by Gasteiger charge is -2.33. The Morgan fingerprint density at radius 2 is 2.35 bits per heavy atom. The van der Waals surface area contributed by atoms with E-state index in [0.29, 0.717) is 12.2 Å². The fraction of sp³-hybridized carbons (Fsp3) is 0.714. The van der Waals surface area contributed by atoms with E-state index < -0.39 is 0 Å². The first-order valence-electron chi connectivity index (χ1n) is 7.33. The molecule has 6 heteroatoms. The predicted molar refractivity (Wildman–Crippen MR) is 74.5 cm³/mol. The molecule has 1 atom stereocenters. The van der Waals surface area contributed by atoms with Gasteiger partial charge in [-0.2, -0.15) is 5.10 Å². The zero-order valence-electron chi connectivity index (χ0n) is 11.9. The molecule has 3 rings (SSSR count). The monoisotopic (exact) mass is 278 g/mol. The van der Waals surface area contributed by atoms with Crippen molar-refractivity contribution in [1.29, 1.82) is 0 Å². The Hall–Kier alpha value is -1.40. The third kappa shape index (κ3) is 2.71. The number of nitrogens with one attached hydrogen (secondary N) is 2. The highest BCUT2D eigenvalue weighted by molar-refractivity contribution is 5.92. The average Bonchev–Trinajstić information content (AvgIpc) is 3.04. The van der Waals surface area contributed by atoms with Crippen LogP contribution in [0.15, 0.2) is 12.3 Å². The lowest BCUT2D eigenvalue weighted by Crippen LogP contribution is -2.43. The van der Waals surface area contributed by atoms with Crippen molar-refractivity contribution in [3.63, 3.8) is 0 Å². The normalized spacial score (nSPS) is 24.9. The molecule has 3 heterocycles. The number of hydrogen-bond donors (Lipinski definition) is 2. The molecular weight excluding hydrogens is 256 g/mol. The number of carbonyl (C=O) groups excluding carboxylic acids is 1. The van der Waals surface area contributed by atoms with Gasteiger partial charge in [0.1, 0.15) is 5.69 Å². The van der Waals surface area contributed by atoms with E-state index >= 15 is 0 Å². The Labute approximate surface area is 118 Å². The highest BCUT2D eigenvalue weighted by Gasteiger charge is 2.40. The van der Waals surface area contributed by atoms with Gasteiger partial charge >= 0.3 is 0 Å². The standard InChI is InChI=1S/C14H22N4O2/c1-18-12(3-7-17-18)13(19)16-10-11-2-4-14(20-11)5-8-15-9-6-14/h3,7,11,15H,2,4-6,8-10H2,1H3,(H,16,19). The highest BCUT2D eigenvalue weighted by Crippen LogP contribution is 2.36. The van der Waals surface area contributed by atoms with Crippen LogP contribution < -0.4 is 10.6 Å². The minimum atomic E-state index is -0.0835. The molecule has 1 aromatic heterocycles. The fourth-order valence-electron chi connectivity index (χ4n) is 3.18. The van der Waals surface area contributed by atoms with Crippen LogP contribution in [-0.4, -0.2) is 47.0 Å². The van der Waals surface area contributed by atoms with Gasteiger partial charge in [0.15, 0.2) is 0 Å². The van der Waals surface area contributed by atoms with E-state index in [1.165, 1.54) is 0 Å². The zero-order chi connectivity index (χ0) is 14.0. The van der Waals surface area contributed by atoms with Crippen molar-refractivity contribution >= 4 is 5.91 Å². The summed E-state index contributed by atoms with van der Waals surface area (Å²) < 4.78 is 7.79. The maximum absolute atomic E-state index is 12.0. The van der Waals surface area contributed by atoms with E-state index in [9.17, 15) is 4.79 Å². The number of amides is 1. The minimum absolute atomic E-state index is 0.0627. The Morgan fingerprint density at radius 1 is 1.55 bits per heavy atom. The van der Waals surface area contributed by atoms with E-state index in [4.69, 9.17) is 4.74 Å². The van der Waals surface area contributed by atoms with Crippen LogP contribution >= 0.6 is 0 Å². The van der Waals surface area contributed by atoms with E-state index in [-0.39, 0.29) is 17.6 Å². The quantitative estimate of drug-likeness (QED) is 0.842. The lowest BCUT2D eigenvalue weighted by atomic mass is 9.89. The molecule has 20 heavy (non-hydrogen) atoms. The van der Waals surface area contributed by atoms with Gasteiger partial charge in [-0.3, -0.25) is 9.48 Å². The summed E-state index contributed by atoms with van der Waals surface area (Å²) >= 11 is 0. The van der Waals surface area contributed by atoms with Crippen molar-refractivity contribution in [2.24, 2.45) is 7.05 Å². The van der Waals surface area contributed by atoms with Gasteiger partial charge in [0, 0.05) is 19.8 Å². The molecule has 1 unspecified atom stereocenters. The predicted octanol–water partition coefficient (Wildman–Crippen LogP) is 0.451. The van der Waals surface area contributed by atoms with E-state index in [0.717, 1.165) is 38.8 Å². The number of aryl methyl sites for hydroxylation is 1. The second kappa shape index (κ2) is 5.54. The molecule has 0 saturated carbocycles. The molecule has 0 aliphatic carbocycles. The van der Waals surface area contributed by atoms with Crippen LogP contribution in [0.4, 0.5) is 0 Å². The summed E-state index contributed by atoms with van der Waals surface area (Å²) in [6.45, 7) is 2.65. The molecule has 1 amide bonds. The molecular formula is C14H22N4O2. The number of ether oxygens (including phenoxy) is 1. The number of nitrogens with zero attached hydrogens (tertiary/aromatic N) is 2. The smallest absolute Gasteiger partial charge is 0.269 e. The van der Waals surface area contributed by atoms with Gasteiger partial charge in [-0.15, -0.1) is 0 Å². The zero-order valence-corrected chi connectivity index (χ0v) is 11.9. The lowest BCUT2D eigenvalue weighted by molar-refractivity contribution is -0.0576. The first-order valence-corrected chi connectivity index (χ1v) is 7.33. The fourth-order valence-corrected chi connectivity index (χ4v) is 3.18. The van der Waals surface area contributed by atoms with E-state index in [2.05, 4.69) is 15.7 Å². The summed E-state index contributed by atoms with van der Waals surface area (Å²) in [6.07, 6.45) is 6.08. The molecule has 2 aliphatic rings. The number of aromatic nitrogens is 2. The first kappa shape index (κ1) is 13.6. The molecule has 2 aliphatic heterocycles. The summed E-state index contributed by atoms with van der Waals surface area (Å²) in [6, 6.07) is 1.72. The van der Waals surface area contributed by atoms with Gasteiger partial charge in [0.05, 0.1) is 11.7 Å². The molecule has 6 nitrogen and oxygen atoms in total. The molecule has 0 aromatic carbocycles. The van der Waals surface area contributed by atoms with Crippen molar-refractivity contribution in [3.05, 3.63) is 18.0 Å². The van der Waals surface area contributed by atoms with Crippen LogP contribution in [0.2, 0.25) is 0 Å². The van der Waals surface area contributed by atoms with Crippen molar-refractivity contribution in [2.75, 3.05) is 19.6 Å². The van der Waals surface area contributed by atoms with Crippen molar-refractivity contribution in [2.45, 2.75) is 37.4 Å². The van der Waals surface area contributed by atoms with Gasteiger partial charge in [0.25, 0.3) is 5.91 Å². The second-order valence-electron chi connectivity index (χ2n) is 5.76. The van der Waals surface area contributed by atoms with Crippen LogP contribution in [0, 0.1) is 0 Å². The Balaban J connectivity index is 1.50. The molecule has 2 fully saturated rings.